The highest BCUT2D eigenvalue weighted by atomic mass is 31.2. The van der Waals surface area contributed by atoms with E-state index in [1.165, 1.54) is 392 Å². The summed E-state index contributed by atoms with van der Waals surface area (Å²) in [7, 11) is 1.51. The third-order valence-electron chi connectivity index (χ3n) is 20.4. The van der Waals surface area contributed by atoms with E-state index in [1.54, 1.807) is 0 Å². The van der Waals surface area contributed by atoms with Gasteiger partial charge in [-0.25, -0.2) is 4.57 Å². The number of nitrogens with zero attached hydrogens (tertiary/aromatic N) is 1. The van der Waals surface area contributed by atoms with Gasteiger partial charge in [-0.1, -0.05) is 442 Å². The van der Waals surface area contributed by atoms with Crippen LogP contribution in [0.1, 0.15) is 470 Å². The number of likely N-dealkylation sites (N-methyl/N-ethyl adjacent to an activating group) is 1. The molecule has 0 aliphatic heterocycles. The largest absolute Gasteiger partial charge is 0.472 e. The molecule has 0 saturated heterocycles. The fourth-order valence-electron chi connectivity index (χ4n) is 13.7. The second-order valence-corrected chi connectivity index (χ2v) is 33.1. The van der Waals surface area contributed by atoms with E-state index in [0.29, 0.717) is 17.4 Å². The number of esters is 2. The number of phosphoric acid groups is 1. The van der Waals surface area contributed by atoms with E-state index < -0.39 is 26.5 Å². The van der Waals surface area contributed by atoms with E-state index in [0.717, 1.165) is 51.4 Å². The molecule has 586 valence electrons. The Morgan fingerprint density at radius 1 is 0.313 bits per heavy atom. The summed E-state index contributed by atoms with van der Waals surface area (Å²) < 4.78 is 34.9. The Morgan fingerprint density at radius 2 is 0.545 bits per heavy atom. The van der Waals surface area contributed by atoms with Crippen LogP contribution in [0, 0.1) is 0 Å². The molecule has 2 unspecified atom stereocenters. The average molecular weight is 1420 g/mol. The Morgan fingerprint density at radius 3 is 0.808 bits per heavy atom. The maximum Gasteiger partial charge on any atom is 0.472 e. The first-order valence-electron chi connectivity index (χ1n) is 44.2. The molecule has 0 bridgehead atoms. The maximum atomic E-state index is 12.9. The zero-order valence-electron chi connectivity index (χ0n) is 67.3. The minimum atomic E-state index is -4.39. The van der Waals surface area contributed by atoms with Crippen LogP contribution in [-0.2, 0) is 32.7 Å². The van der Waals surface area contributed by atoms with Crippen molar-refractivity contribution >= 4 is 19.8 Å². The molecule has 0 amide bonds. The van der Waals surface area contributed by atoms with Crippen molar-refractivity contribution in [2.24, 2.45) is 0 Å². The van der Waals surface area contributed by atoms with Gasteiger partial charge in [0.2, 0.25) is 0 Å². The summed E-state index contributed by atoms with van der Waals surface area (Å²) in [5, 5.41) is 0. The van der Waals surface area contributed by atoms with Crippen LogP contribution in [0.25, 0.3) is 0 Å². The molecular weight excluding hydrogens is 1240 g/mol. The topological polar surface area (TPSA) is 108 Å². The van der Waals surface area contributed by atoms with Gasteiger partial charge in [-0.15, -0.1) is 0 Å². The van der Waals surface area contributed by atoms with Crippen molar-refractivity contribution in [1.82, 2.24) is 0 Å². The molecule has 0 aromatic rings. The van der Waals surface area contributed by atoms with Gasteiger partial charge in [-0.2, -0.15) is 0 Å². The summed E-state index contributed by atoms with van der Waals surface area (Å²) >= 11 is 0. The van der Waals surface area contributed by atoms with Crippen LogP contribution < -0.4 is 0 Å². The van der Waals surface area contributed by atoms with Gasteiger partial charge in [0, 0.05) is 12.8 Å². The van der Waals surface area contributed by atoms with Crippen LogP contribution in [0.4, 0.5) is 0 Å². The van der Waals surface area contributed by atoms with Crippen LogP contribution in [0.5, 0.6) is 0 Å². The van der Waals surface area contributed by atoms with Crippen molar-refractivity contribution in [1.29, 1.82) is 0 Å². The monoisotopic (exact) mass is 1420 g/mol. The SMILES string of the molecule is CCCCCCC/C=C\C/C=C\C/C=C\CCCCCCCCCCCCCCCCCCCCCCCCCCC(=O)OC(COC(=O)CCCCCCCCCCCCCCCCCCCCCCCCCCCCCCCCCCCCCC)COP(=O)(O)OCC[N+](C)(C)C. The number of phosphoric ester groups is 1. The first-order chi connectivity index (χ1) is 48.5. The van der Waals surface area contributed by atoms with Gasteiger partial charge >= 0.3 is 19.8 Å². The minimum absolute atomic E-state index is 0.0359. The smallest absolute Gasteiger partial charge is 0.462 e. The van der Waals surface area contributed by atoms with Gasteiger partial charge in [0.25, 0.3) is 0 Å². The molecule has 9 nitrogen and oxygen atoms in total. The lowest BCUT2D eigenvalue weighted by Gasteiger charge is -2.24. The summed E-state index contributed by atoms with van der Waals surface area (Å²) in [6, 6.07) is 0. The van der Waals surface area contributed by atoms with Gasteiger partial charge < -0.3 is 18.9 Å². The van der Waals surface area contributed by atoms with Crippen molar-refractivity contribution in [3.63, 3.8) is 0 Å². The predicted octanol–water partition coefficient (Wildman–Crippen LogP) is 29.7. The summed E-state index contributed by atoms with van der Waals surface area (Å²) in [5.74, 6) is -0.767. The van der Waals surface area contributed by atoms with Gasteiger partial charge in [0.1, 0.15) is 19.8 Å². The Kier molecular flexibility index (Phi) is 78.9. The normalized spacial score (nSPS) is 13.1. The van der Waals surface area contributed by atoms with E-state index in [1.807, 2.05) is 21.1 Å². The first kappa shape index (κ1) is 97.2. The summed E-state index contributed by atoms with van der Waals surface area (Å²) in [6.07, 6.45) is 106. The molecule has 0 rings (SSSR count). The number of carbonyl (C=O) groups is 2. The lowest BCUT2D eigenvalue weighted by Crippen LogP contribution is -2.37. The molecule has 0 heterocycles. The summed E-state index contributed by atoms with van der Waals surface area (Å²) in [4.78, 5) is 36.0. The van der Waals surface area contributed by atoms with Crippen LogP contribution in [0.3, 0.4) is 0 Å². The molecule has 1 N–H and O–H groups in total. The number of allylic oxidation sites excluding steroid dienone is 6. The number of ether oxygens (including phenoxy) is 2. The van der Waals surface area contributed by atoms with Gasteiger partial charge in [0.05, 0.1) is 27.7 Å². The Balaban J connectivity index is 3.85. The van der Waals surface area contributed by atoms with E-state index in [9.17, 15) is 19.0 Å². The highest BCUT2D eigenvalue weighted by molar-refractivity contribution is 7.47. The number of quaternary nitrogens is 1. The molecule has 0 spiro atoms. The average Bonchev–Trinajstić information content (AvgIpc) is 0.989. The molecule has 0 fully saturated rings. The van der Waals surface area contributed by atoms with Crippen LogP contribution in [-0.4, -0.2) is 74.9 Å². The Labute approximate surface area is 618 Å². The molecule has 0 saturated carbocycles. The van der Waals surface area contributed by atoms with Gasteiger partial charge in [0.15, 0.2) is 6.10 Å². The van der Waals surface area contributed by atoms with E-state index in [4.69, 9.17) is 18.5 Å². The summed E-state index contributed by atoms with van der Waals surface area (Å²) in [5.41, 5.74) is 0. The maximum absolute atomic E-state index is 12.9. The Hall–Kier alpha value is -1.77. The van der Waals surface area contributed by atoms with Crippen molar-refractivity contribution < 1.29 is 42.1 Å². The molecule has 0 aromatic carbocycles. The fraction of sp³-hybridized carbons (Fsp3) is 0.910. The standard InChI is InChI=1S/C89H172NO8P/c1-6-8-10-12-14-16-18-20-22-24-26-28-30-32-34-36-38-40-42-44-45-46-48-50-52-54-56-58-60-62-64-66-68-70-72-74-76-78-80-82-89(92)98-87(86-97-99(93,94)96-84-83-90(3,4)5)85-95-88(91)81-79-77-75-73-71-69-67-65-63-61-59-57-55-53-51-49-47-43-41-39-37-35-33-31-29-27-25-23-21-19-17-15-13-11-9-7-2/h18,20,24,26,30,32,87H,6-17,19,21-23,25,27-29,31,33-86H2,1-5H3/p+1/b20-18-,26-24-,32-30-. The number of unbranched alkanes of at least 4 members (excludes halogenated alkanes) is 64. The number of carbonyl (C=O) groups excluding carboxylic acids is 2. The van der Waals surface area contributed by atoms with Crippen LogP contribution in [0.2, 0.25) is 0 Å². The van der Waals surface area contributed by atoms with Crippen molar-refractivity contribution in [3.8, 4) is 0 Å². The molecule has 10 heteroatoms. The molecule has 0 radical (unpaired) electrons. The van der Waals surface area contributed by atoms with Gasteiger partial charge in [-0.3, -0.25) is 18.6 Å². The van der Waals surface area contributed by atoms with E-state index >= 15 is 0 Å². The third-order valence-corrected chi connectivity index (χ3v) is 21.4. The molecule has 2 atom stereocenters. The zero-order valence-corrected chi connectivity index (χ0v) is 68.2. The Bertz CT molecular complexity index is 1760. The fourth-order valence-corrected chi connectivity index (χ4v) is 14.4. The number of rotatable bonds is 84. The molecule has 0 aliphatic carbocycles. The molecule has 0 aromatic heterocycles. The quantitative estimate of drug-likeness (QED) is 0.0211. The van der Waals surface area contributed by atoms with Crippen molar-refractivity contribution in [3.05, 3.63) is 36.5 Å². The number of hydrogen-bond acceptors (Lipinski definition) is 7. The van der Waals surface area contributed by atoms with Gasteiger partial charge in [-0.05, 0) is 51.4 Å². The minimum Gasteiger partial charge on any atom is -0.462 e. The highest BCUT2D eigenvalue weighted by Crippen LogP contribution is 2.43. The van der Waals surface area contributed by atoms with Crippen molar-refractivity contribution in [2.75, 3.05) is 47.5 Å². The molecule has 0 aliphatic rings. The lowest BCUT2D eigenvalue weighted by molar-refractivity contribution is -0.870. The molecular formula is C89H173NO8P+. The second kappa shape index (κ2) is 80.3. The molecule has 99 heavy (non-hydrogen) atoms. The highest BCUT2D eigenvalue weighted by Gasteiger charge is 2.27. The lowest BCUT2D eigenvalue weighted by atomic mass is 10.0. The first-order valence-corrected chi connectivity index (χ1v) is 45.7. The zero-order chi connectivity index (χ0) is 71.8. The second-order valence-electron chi connectivity index (χ2n) is 31.6. The van der Waals surface area contributed by atoms with E-state index in [-0.39, 0.29) is 25.6 Å². The van der Waals surface area contributed by atoms with Crippen LogP contribution in [0.15, 0.2) is 36.5 Å². The van der Waals surface area contributed by atoms with Crippen molar-refractivity contribution in [2.45, 2.75) is 476 Å². The van der Waals surface area contributed by atoms with Crippen LogP contribution >= 0.6 is 7.82 Å². The predicted molar refractivity (Wildman–Crippen MR) is 432 cm³/mol. The summed E-state index contributed by atoms with van der Waals surface area (Å²) in [6.45, 7) is 4.52. The number of hydrogen-bond donors (Lipinski definition) is 1. The third kappa shape index (κ3) is 85.1. The van der Waals surface area contributed by atoms with E-state index in [2.05, 4.69) is 50.3 Å².